The SMILES string of the molecule is CCCCN(c1ccccc1)C1CCC(N)CC1. The van der Waals surface area contributed by atoms with Crippen molar-refractivity contribution in [1.29, 1.82) is 0 Å². The molecule has 0 spiro atoms. The molecule has 0 heterocycles. The molecule has 0 amide bonds. The molecule has 1 aromatic carbocycles. The lowest BCUT2D eigenvalue weighted by atomic mass is 9.90. The molecule has 2 heteroatoms. The molecule has 0 bridgehead atoms. The van der Waals surface area contributed by atoms with E-state index >= 15 is 0 Å². The van der Waals surface area contributed by atoms with E-state index in [1.807, 2.05) is 0 Å². The average molecular weight is 246 g/mol. The summed E-state index contributed by atoms with van der Waals surface area (Å²) in [5.74, 6) is 0. The number of hydrogen-bond donors (Lipinski definition) is 1. The van der Waals surface area contributed by atoms with Gasteiger partial charge >= 0.3 is 0 Å². The minimum Gasteiger partial charge on any atom is -0.369 e. The Balaban J connectivity index is 2.05. The van der Waals surface area contributed by atoms with Gasteiger partial charge in [-0.1, -0.05) is 31.5 Å². The van der Waals surface area contributed by atoms with Crippen molar-refractivity contribution in [3.63, 3.8) is 0 Å². The Morgan fingerprint density at radius 1 is 1.11 bits per heavy atom. The third kappa shape index (κ3) is 3.49. The van der Waals surface area contributed by atoms with Gasteiger partial charge in [-0.25, -0.2) is 0 Å². The molecule has 0 aromatic heterocycles. The molecule has 2 N–H and O–H groups in total. The van der Waals surface area contributed by atoms with Crippen molar-refractivity contribution in [2.24, 2.45) is 5.73 Å². The van der Waals surface area contributed by atoms with Gasteiger partial charge in [-0.2, -0.15) is 0 Å². The zero-order valence-electron chi connectivity index (χ0n) is 11.5. The fourth-order valence-electron chi connectivity index (χ4n) is 2.88. The van der Waals surface area contributed by atoms with Crippen molar-refractivity contribution >= 4 is 5.69 Å². The summed E-state index contributed by atoms with van der Waals surface area (Å²) in [5.41, 5.74) is 7.40. The maximum absolute atomic E-state index is 6.02. The van der Waals surface area contributed by atoms with Gasteiger partial charge in [-0.3, -0.25) is 0 Å². The van der Waals surface area contributed by atoms with Crippen molar-refractivity contribution in [2.75, 3.05) is 11.4 Å². The van der Waals surface area contributed by atoms with E-state index in [2.05, 4.69) is 42.2 Å². The van der Waals surface area contributed by atoms with E-state index in [9.17, 15) is 0 Å². The maximum Gasteiger partial charge on any atom is 0.0368 e. The second-order valence-electron chi connectivity index (χ2n) is 5.45. The predicted octanol–water partition coefficient (Wildman–Crippen LogP) is 3.56. The number of para-hydroxylation sites is 1. The molecule has 0 atom stereocenters. The number of nitrogens with zero attached hydrogens (tertiary/aromatic N) is 1. The first kappa shape index (κ1) is 13.4. The van der Waals surface area contributed by atoms with Gasteiger partial charge in [0, 0.05) is 24.3 Å². The predicted molar refractivity (Wildman–Crippen MR) is 78.9 cm³/mol. The zero-order chi connectivity index (χ0) is 12.8. The van der Waals surface area contributed by atoms with Crippen LogP contribution in [0.3, 0.4) is 0 Å². The van der Waals surface area contributed by atoms with Crippen LogP contribution in [0, 0.1) is 0 Å². The Bertz CT molecular complexity index is 328. The largest absolute Gasteiger partial charge is 0.369 e. The average Bonchev–Trinajstić information content (AvgIpc) is 2.42. The third-order valence-corrected chi connectivity index (χ3v) is 4.02. The Morgan fingerprint density at radius 3 is 2.39 bits per heavy atom. The molecule has 2 rings (SSSR count). The van der Waals surface area contributed by atoms with Crippen molar-refractivity contribution in [1.82, 2.24) is 0 Å². The molecule has 1 fully saturated rings. The van der Waals surface area contributed by atoms with Crippen LogP contribution >= 0.6 is 0 Å². The van der Waals surface area contributed by atoms with Gasteiger partial charge in [0.1, 0.15) is 0 Å². The van der Waals surface area contributed by atoms with Gasteiger partial charge in [0.2, 0.25) is 0 Å². The monoisotopic (exact) mass is 246 g/mol. The van der Waals surface area contributed by atoms with E-state index in [1.165, 1.54) is 50.8 Å². The Kier molecular flexibility index (Phi) is 5.06. The van der Waals surface area contributed by atoms with Crippen LogP contribution in [0.4, 0.5) is 5.69 Å². The molecule has 1 aromatic rings. The van der Waals surface area contributed by atoms with Crippen LogP contribution in [-0.2, 0) is 0 Å². The van der Waals surface area contributed by atoms with Crippen LogP contribution < -0.4 is 10.6 Å². The second kappa shape index (κ2) is 6.79. The minimum atomic E-state index is 0.435. The van der Waals surface area contributed by atoms with Gasteiger partial charge in [-0.15, -0.1) is 0 Å². The highest BCUT2D eigenvalue weighted by Gasteiger charge is 2.23. The number of rotatable bonds is 5. The molecular formula is C16H26N2. The van der Waals surface area contributed by atoms with Crippen LogP contribution in [0.5, 0.6) is 0 Å². The van der Waals surface area contributed by atoms with Crippen molar-refractivity contribution in [3.05, 3.63) is 30.3 Å². The standard InChI is InChI=1S/C16H26N2/c1-2-3-13-18(15-7-5-4-6-8-15)16-11-9-14(17)10-12-16/h4-8,14,16H,2-3,9-13,17H2,1H3. The van der Waals surface area contributed by atoms with Crippen LogP contribution in [0.15, 0.2) is 30.3 Å². The van der Waals surface area contributed by atoms with Crippen molar-refractivity contribution in [3.8, 4) is 0 Å². The minimum absolute atomic E-state index is 0.435. The highest BCUT2D eigenvalue weighted by Crippen LogP contribution is 2.27. The Labute approximate surface area is 111 Å². The summed E-state index contributed by atoms with van der Waals surface area (Å²) in [6, 6.07) is 12.0. The van der Waals surface area contributed by atoms with Crippen LogP contribution in [-0.4, -0.2) is 18.6 Å². The van der Waals surface area contributed by atoms with E-state index < -0.39 is 0 Å². The number of benzene rings is 1. The van der Waals surface area contributed by atoms with Crippen LogP contribution in [0.1, 0.15) is 45.4 Å². The van der Waals surface area contributed by atoms with E-state index in [0.717, 1.165) is 0 Å². The molecule has 0 unspecified atom stereocenters. The molecule has 0 saturated heterocycles. The van der Waals surface area contributed by atoms with Crippen molar-refractivity contribution in [2.45, 2.75) is 57.5 Å². The smallest absolute Gasteiger partial charge is 0.0368 e. The first-order chi connectivity index (χ1) is 8.81. The molecule has 100 valence electrons. The van der Waals surface area contributed by atoms with E-state index in [4.69, 9.17) is 5.73 Å². The van der Waals surface area contributed by atoms with Gasteiger partial charge in [-0.05, 0) is 44.2 Å². The second-order valence-corrected chi connectivity index (χ2v) is 5.45. The molecule has 1 aliphatic carbocycles. The number of hydrogen-bond acceptors (Lipinski definition) is 2. The first-order valence-electron chi connectivity index (χ1n) is 7.38. The fraction of sp³-hybridized carbons (Fsp3) is 0.625. The summed E-state index contributed by atoms with van der Waals surface area (Å²) in [6.07, 6.45) is 7.40. The lowest BCUT2D eigenvalue weighted by Crippen LogP contribution is -2.41. The highest BCUT2D eigenvalue weighted by atomic mass is 15.2. The summed E-state index contributed by atoms with van der Waals surface area (Å²) in [6.45, 7) is 3.44. The Hall–Kier alpha value is -1.02. The first-order valence-corrected chi connectivity index (χ1v) is 7.38. The van der Waals surface area contributed by atoms with Gasteiger partial charge in [0.15, 0.2) is 0 Å². The number of nitrogens with two attached hydrogens (primary N) is 1. The Morgan fingerprint density at radius 2 is 1.78 bits per heavy atom. The van der Waals surface area contributed by atoms with Gasteiger partial charge in [0.25, 0.3) is 0 Å². The molecule has 1 saturated carbocycles. The normalized spacial score (nSPS) is 23.9. The topological polar surface area (TPSA) is 29.3 Å². The maximum atomic E-state index is 6.02. The summed E-state index contributed by atoms with van der Waals surface area (Å²) in [7, 11) is 0. The molecule has 18 heavy (non-hydrogen) atoms. The highest BCUT2D eigenvalue weighted by molar-refractivity contribution is 5.47. The number of unbranched alkanes of at least 4 members (excludes halogenated alkanes) is 1. The number of anilines is 1. The van der Waals surface area contributed by atoms with Crippen molar-refractivity contribution < 1.29 is 0 Å². The molecule has 2 nitrogen and oxygen atoms in total. The summed E-state index contributed by atoms with van der Waals surface area (Å²) in [4.78, 5) is 2.61. The molecular weight excluding hydrogens is 220 g/mol. The van der Waals surface area contributed by atoms with Gasteiger partial charge < -0.3 is 10.6 Å². The molecule has 1 aliphatic rings. The molecule has 0 radical (unpaired) electrons. The van der Waals surface area contributed by atoms with Crippen LogP contribution in [0.2, 0.25) is 0 Å². The lowest BCUT2D eigenvalue weighted by Gasteiger charge is -2.37. The lowest BCUT2D eigenvalue weighted by molar-refractivity contribution is 0.374. The van der Waals surface area contributed by atoms with E-state index in [0.29, 0.717) is 12.1 Å². The fourth-order valence-corrected chi connectivity index (χ4v) is 2.88. The van der Waals surface area contributed by atoms with Gasteiger partial charge in [0.05, 0.1) is 0 Å². The summed E-state index contributed by atoms with van der Waals surface area (Å²) < 4.78 is 0. The third-order valence-electron chi connectivity index (χ3n) is 4.02. The van der Waals surface area contributed by atoms with E-state index in [-0.39, 0.29) is 0 Å². The summed E-state index contributed by atoms with van der Waals surface area (Å²) in [5, 5.41) is 0. The van der Waals surface area contributed by atoms with E-state index in [1.54, 1.807) is 0 Å². The molecule has 0 aliphatic heterocycles. The zero-order valence-corrected chi connectivity index (χ0v) is 11.5. The summed E-state index contributed by atoms with van der Waals surface area (Å²) >= 11 is 0. The van der Waals surface area contributed by atoms with Crippen LogP contribution in [0.25, 0.3) is 0 Å². The quantitative estimate of drug-likeness (QED) is 0.860.